The number of benzene rings is 2. The Bertz CT molecular complexity index is 1070. The largest absolute Gasteiger partial charge is 0.496 e. The van der Waals surface area contributed by atoms with E-state index in [0.717, 1.165) is 33.9 Å². The molecule has 0 fully saturated rings. The third-order valence-corrected chi connectivity index (χ3v) is 5.87. The van der Waals surface area contributed by atoms with Gasteiger partial charge in [0.2, 0.25) is 0 Å². The van der Waals surface area contributed by atoms with E-state index in [1.807, 2.05) is 31.2 Å². The quantitative estimate of drug-likeness (QED) is 0.581. The highest BCUT2D eigenvalue weighted by Crippen LogP contribution is 2.38. The first kappa shape index (κ1) is 19.5. The van der Waals surface area contributed by atoms with Crippen LogP contribution >= 0.6 is 22.9 Å². The van der Waals surface area contributed by atoms with E-state index in [9.17, 15) is 4.79 Å². The highest BCUT2D eigenvalue weighted by Gasteiger charge is 2.17. The molecule has 6 nitrogen and oxygen atoms in total. The summed E-state index contributed by atoms with van der Waals surface area (Å²) >= 11 is 7.38. The minimum absolute atomic E-state index is 0.189. The molecule has 0 bridgehead atoms. The zero-order valence-corrected chi connectivity index (χ0v) is 17.5. The lowest BCUT2D eigenvalue weighted by Crippen LogP contribution is -2.13. The molecule has 1 N–H and O–H groups in total. The number of aryl methyl sites for hydroxylation is 1. The van der Waals surface area contributed by atoms with Crippen LogP contribution in [0.3, 0.4) is 0 Å². The molecule has 0 aliphatic carbocycles. The van der Waals surface area contributed by atoms with Gasteiger partial charge in [0.15, 0.2) is 0 Å². The molecule has 2 heterocycles. The summed E-state index contributed by atoms with van der Waals surface area (Å²) in [7, 11) is 1.58. The number of carbonyl (C=O) groups excluding carboxylic acids is 1. The first-order chi connectivity index (χ1) is 14.0. The van der Waals surface area contributed by atoms with Crippen molar-refractivity contribution in [3.05, 3.63) is 58.2 Å². The van der Waals surface area contributed by atoms with Gasteiger partial charge in [-0.05, 0) is 48.4 Å². The van der Waals surface area contributed by atoms with Crippen molar-refractivity contribution in [1.82, 2.24) is 4.98 Å². The first-order valence-electron chi connectivity index (χ1n) is 9.03. The maximum Gasteiger partial charge on any atom is 0.412 e. The lowest BCUT2D eigenvalue weighted by atomic mass is 10.1. The van der Waals surface area contributed by atoms with E-state index in [1.54, 1.807) is 19.2 Å². The average molecular weight is 431 g/mol. The molecule has 1 aromatic heterocycles. The smallest absolute Gasteiger partial charge is 0.412 e. The summed E-state index contributed by atoms with van der Waals surface area (Å²) in [6.45, 7) is 2.72. The molecule has 1 amide bonds. The maximum absolute atomic E-state index is 12.3. The van der Waals surface area contributed by atoms with Gasteiger partial charge in [0.05, 0.1) is 25.0 Å². The predicted octanol–water partition coefficient (Wildman–Crippen LogP) is 5.46. The average Bonchev–Trinajstić information content (AvgIpc) is 3.32. The molecule has 3 aromatic rings. The number of carbonyl (C=O) groups is 1. The summed E-state index contributed by atoms with van der Waals surface area (Å²) in [4.78, 5) is 16.8. The summed E-state index contributed by atoms with van der Waals surface area (Å²) in [5, 5.41) is 4.71. The molecular formula is C21H19ClN2O4S. The van der Waals surface area contributed by atoms with Crippen molar-refractivity contribution in [3.63, 3.8) is 0 Å². The van der Waals surface area contributed by atoms with Crippen molar-refractivity contribution in [2.24, 2.45) is 0 Å². The molecular weight excluding hydrogens is 412 g/mol. The van der Waals surface area contributed by atoms with Crippen LogP contribution in [0.4, 0.5) is 9.80 Å². The molecule has 0 spiro atoms. The van der Waals surface area contributed by atoms with Gasteiger partial charge in [-0.1, -0.05) is 29.0 Å². The van der Waals surface area contributed by atoms with Gasteiger partial charge in [0.25, 0.3) is 0 Å². The second kappa shape index (κ2) is 8.31. The van der Waals surface area contributed by atoms with Gasteiger partial charge in [0.1, 0.15) is 28.1 Å². The number of aromatic nitrogens is 1. The predicted molar refractivity (Wildman–Crippen MR) is 113 cm³/mol. The van der Waals surface area contributed by atoms with E-state index >= 15 is 0 Å². The number of amides is 1. The molecule has 8 heteroatoms. The molecule has 29 heavy (non-hydrogen) atoms. The van der Waals surface area contributed by atoms with Gasteiger partial charge < -0.3 is 14.2 Å². The Balaban J connectivity index is 1.42. The molecule has 4 rings (SSSR count). The lowest BCUT2D eigenvalue weighted by Gasteiger charge is -2.07. The zero-order valence-electron chi connectivity index (χ0n) is 16.0. The van der Waals surface area contributed by atoms with E-state index in [0.29, 0.717) is 28.1 Å². The van der Waals surface area contributed by atoms with E-state index < -0.39 is 6.09 Å². The number of hydrogen-bond acceptors (Lipinski definition) is 6. The van der Waals surface area contributed by atoms with Gasteiger partial charge in [-0.25, -0.2) is 9.78 Å². The Kier molecular flexibility index (Phi) is 5.60. The molecule has 1 aliphatic rings. The SMILES string of the molecule is COc1cc(Cl)ccc1-c1nc(C)c(NC(=O)OCc2ccc3c(c2)CCO3)s1. The van der Waals surface area contributed by atoms with Gasteiger partial charge in [-0.3, -0.25) is 5.32 Å². The standard InChI is InChI=1S/C21H19ClN2O4S/c1-12-19(29-20(23-12)16-5-4-15(22)10-18(16)26-2)24-21(25)28-11-13-3-6-17-14(9-13)7-8-27-17/h3-6,9-10H,7-8,11H2,1-2H3,(H,24,25). The fraction of sp³-hybridized carbons (Fsp3) is 0.238. The van der Waals surface area contributed by atoms with Crippen LogP contribution in [0.15, 0.2) is 36.4 Å². The van der Waals surface area contributed by atoms with Crippen LogP contribution in [0.2, 0.25) is 5.02 Å². The Labute approximate surface area is 177 Å². The molecule has 0 saturated carbocycles. The molecule has 1 aliphatic heterocycles. The van der Waals surface area contributed by atoms with Gasteiger partial charge >= 0.3 is 6.09 Å². The summed E-state index contributed by atoms with van der Waals surface area (Å²) in [5.41, 5.74) is 3.59. The number of nitrogens with one attached hydrogen (secondary N) is 1. The Hall–Kier alpha value is -2.77. The number of ether oxygens (including phenoxy) is 3. The minimum Gasteiger partial charge on any atom is -0.496 e. The van der Waals surface area contributed by atoms with Crippen LogP contribution in [0.25, 0.3) is 10.6 Å². The Morgan fingerprint density at radius 1 is 1.31 bits per heavy atom. The second-order valence-corrected chi connectivity index (χ2v) is 7.96. The Morgan fingerprint density at radius 3 is 3.00 bits per heavy atom. The van der Waals surface area contributed by atoms with E-state index in [1.165, 1.54) is 11.3 Å². The second-order valence-electron chi connectivity index (χ2n) is 6.52. The molecule has 0 radical (unpaired) electrons. The lowest BCUT2D eigenvalue weighted by molar-refractivity contribution is 0.155. The monoisotopic (exact) mass is 430 g/mol. The maximum atomic E-state index is 12.3. The molecule has 2 aromatic carbocycles. The third kappa shape index (κ3) is 4.31. The summed E-state index contributed by atoms with van der Waals surface area (Å²) in [5.74, 6) is 1.53. The fourth-order valence-corrected chi connectivity index (χ4v) is 4.22. The highest BCUT2D eigenvalue weighted by atomic mass is 35.5. The van der Waals surface area contributed by atoms with Crippen molar-refractivity contribution in [3.8, 4) is 22.1 Å². The van der Waals surface area contributed by atoms with Crippen molar-refractivity contribution < 1.29 is 19.0 Å². The minimum atomic E-state index is -0.525. The number of fused-ring (bicyclic) bond motifs is 1. The number of halogens is 1. The van der Waals surface area contributed by atoms with Crippen LogP contribution in [-0.4, -0.2) is 24.8 Å². The molecule has 0 atom stereocenters. The van der Waals surface area contributed by atoms with Crippen molar-refractivity contribution in [2.45, 2.75) is 20.0 Å². The number of nitrogens with zero attached hydrogens (tertiary/aromatic N) is 1. The number of methoxy groups -OCH3 is 1. The van der Waals surface area contributed by atoms with E-state index in [4.69, 9.17) is 25.8 Å². The van der Waals surface area contributed by atoms with Gasteiger partial charge in [-0.2, -0.15) is 0 Å². The zero-order chi connectivity index (χ0) is 20.4. The number of anilines is 1. The van der Waals surface area contributed by atoms with Crippen LogP contribution in [0.5, 0.6) is 11.5 Å². The molecule has 150 valence electrons. The van der Waals surface area contributed by atoms with Gasteiger partial charge in [-0.15, -0.1) is 0 Å². The van der Waals surface area contributed by atoms with Crippen LogP contribution in [0, 0.1) is 6.92 Å². The summed E-state index contributed by atoms with van der Waals surface area (Å²) in [6.07, 6.45) is 0.356. The summed E-state index contributed by atoms with van der Waals surface area (Å²) in [6, 6.07) is 11.2. The normalized spacial score (nSPS) is 12.2. The molecule has 0 unspecified atom stereocenters. The van der Waals surface area contributed by atoms with E-state index in [2.05, 4.69) is 10.3 Å². The van der Waals surface area contributed by atoms with Crippen LogP contribution < -0.4 is 14.8 Å². The van der Waals surface area contributed by atoms with Crippen LogP contribution in [-0.2, 0) is 17.8 Å². The Morgan fingerprint density at radius 2 is 2.17 bits per heavy atom. The first-order valence-corrected chi connectivity index (χ1v) is 10.2. The van der Waals surface area contributed by atoms with Gasteiger partial charge in [0, 0.05) is 11.4 Å². The topological polar surface area (TPSA) is 69.7 Å². The van der Waals surface area contributed by atoms with Crippen molar-refractivity contribution >= 4 is 34.0 Å². The van der Waals surface area contributed by atoms with Crippen molar-refractivity contribution in [1.29, 1.82) is 0 Å². The highest BCUT2D eigenvalue weighted by molar-refractivity contribution is 7.19. The number of thiazole rings is 1. The number of rotatable bonds is 5. The van der Waals surface area contributed by atoms with Crippen LogP contribution in [0.1, 0.15) is 16.8 Å². The molecule has 0 saturated heterocycles. The number of hydrogen-bond donors (Lipinski definition) is 1. The van der Waals surface area contributed by atoms with Crippen molar-refractivity contribution in [2.75, 3.05) is 19.0 Å². The third-order valence-electron chi connectivity index (χ3n) is 4.53. The summed E-state index contributed by atoms with van der Waals surface area (Å²) < 4.78 is 16.3. The van der Waals surface area contributed by atoms with E-state index in [-0.39, 0.29) is 6.61 Å². The fourth-order valence-electron chi connectivity index (χ4n) is 3.08.